The number of carbonyl (C=O) groups is 1. The van der Waals surface area contributed by atoms with Gasteiger partial charge in [-0.25, -0.2) is 0 Å². The number of halogens is 1. The summed E-state index contributed by atoms with van der Waals surface area (Å²) in [6.45, 7) is 6.36. The molecule has 0 aliphatic carbocycles. The maximum atomic E-state index is 13.0. The molecule has 0 spiro atoms. The minimum atomic E-state index is -0.0268. The summed E-state index contributed by atoms with van der Waals surface area (Å²) in [5.41, 5.74) is 2.48. The Bertz CT molecular complexity index is 1100. The van der Waals surface area contributed by atoms with Crippen molar-refractivity contribution in [1.82, 2.24) is 24.1 Å². The SMILES string of the molecule is CN1CCN(CCNC(=O)CCCn2c(=O)c3cccn3c3ccc(Br)cc32)CC1. The molecule has 0 saturated carbocycles. The van der Waals surface area contributed by atoms with Crippen molar-refractivity contribution in [3.8, 4) is 0 Å². The van der Waals surface area contributed by atoms with Gasteiger partial charge in [-0.3, -0.25) is 14.5 Å². The maximum absolute atomic E-state index is 13.0. The standard InChI is InChI=1S/C22H28BrN5O2/c1-25-12-14-26(15-13-25)11-8-24-21(29)5-3-10-28-20-16-17(23)6-7-18(20)27-9-2-4-19(27)22(28)30/h2,4,6-7,9,16H,3,5,8,10-15H2,1H3,(H,24,29). The van der Waals surface area contributed by atoms with E-state index in [1.165, 1.54) is 0 Å². The van der Waals surface area contributed by atoms with E-state index in [2.05, 4.69) is 38.1 Å². The molecule has 1 amide bonds. The van der Waals surface area contributed by atoms with Crippen LogP contribution in [0.25, 0.3) is 16.6 Å². The van der Waals surface area contributed by atoms with E-state index in [1.807, 2.05) is 40.9 Å². The van der Waals surface area contributed by atoms with Gasteiger partial charge in [0.25, 0.3) is 5.56 Å². The van der Waals surface area contributed by atoms with E-state index in [0.717, 1.165) is 48.2 Å². The first-order chi connectivity index (χ1) is 14.5. The van der Waals surface area contributed by atoms with Gasteiger partial charge in [-0.2, -0.15) is 0 Å². The lowest BCUT2D eigenvalue weighted by molar-refractivity contribution is -0.121. The molecule has 3 aromatic rings. The summed E-state index contributed by atoms with van der Waals surface area (Å²) in [4.78, 5) is 30.0. The topological polar surface area (TPSA) is 62.0 Å². The third-order valence-electron chi connectivity index (χ3n) is 5.83. The van der Waals surface area contributed by atoms with E-state index in [0.29, 0.717) is 31.4 Å². The molecule has 30 heavy (non-hydrogen) atoms. The van der Waals surface area contributed by atoms with E-state index >= 15 is 0 Å². The van der Waals surface area contributed by atoms with Crippen LogP contribution in [0.15, 0.2) is 45.8 Å². The molecule has 7 nitrogen and oxygen atoms in total. The number of hydrogen-bond acceptors (Lipinski definition) is 4. The van der Waals surface area contributed by atoms with Gasteiger partial charge in [-0.1, -0.05) is 15.9 Å². The second-order valence-corrected chi connectivity index (χ2v) is 8.87. The van der Waals surface area contributed by atoms with Crippen LogP contribution in [0.3, 0.4) is 0 Å². The van der Waals surface area contributed by atoms with Crippen LogP contribution < -0.4 is 10.9 Å². The molecule has 1 saturated heterocycles. The van der Waals surface area contributed by atoms with Crippen molar-refractivity contribution in [2.24, 2.45) is 0 Å². The van der Waals surface area contributed by atoms with Gasteiger partial charge >= 0.3 is 0 Å². The molecule has 1 aliphatic heterocycles. The summed E-state index contributed by atoms with van der Waals surface area (Å²) in [7, 11) is 2.14. The summed E-state index contributed by atoms with van der Waals surface area (Å²) in [5.74, 6) is 0.0476. The monoisotopic (exact) mass is 473 g/mol. The highest BCUT2D eigenvalue weighted by Crippen LogP contribution is 2.20. The van der Waals surface area contributed by atoms with Crippen LogP contribution in [0.1, 0.15) is 12.8 Å². The average Bonchev–Trinajstić information content (AvgIpc) is 3.22. The zero-order valence-electron chi connectivity index (χ0n) is 17.3. The van der Waals surface area contributed by atoms with Gasteiger partial charge in [-0.05, 0) is 43.8 Å². The van der Waals surface area contributed by atoms with Gasteiger partial charge in [0, 0.05) is 62.9 Å². The fourth-order valence-electron chi connectivity index (χ4n) is 4.06. The summed E-state index contributed by atoms with van der Waals surface area (Å²) >= 11 is 3.51. The van der Waals surface area contributed by atoms with E-state index in [-0.39, 0.29) is 11.5 Å². The Morgan fingerprint density at radius 1 is 1.07 bits per heavy atom. The van der Waals surface area contributed by atoms with Gasteiger partial charge in [0.05, 0.1) is 11.0 Å². The summed E-state index contributed by atoms with van der Waals surface area (Å²) < 4.78 is 4.63. The number of aryl methyl sites for hydroxylation is 1. The molecule has 4 rings (SSSR count). The number of rotatable bonds is 7. The molecule has 3 heterocycles. The lowest BCUT2D eigenvalue weighted by Gasteiger charge is -2.32. The number of nitrogens with zero attached hydrogens (tertiary/aromatic N) is 4. The van der Waals surface area contributed by atoms with Crippen molar-refractivity contribution in [2.75, 3.05) is 46.3 Å². The predicted octanol–water partition coefficient (Wildman–Crippen LogP) is 2.16. The zero-order valence-corrected chi connectivity index (χ0v) is 18.9. The van der Waals surface area contributed by atoms with Crippen molar-refractivity contribution >= 4 is 38.4 Å². The molecule has 2 aromatic heterocycles. The molecule has 1 N–H and O–H groups in total. The number of carbonyl (C=O) groups excluding carboxylic acids is 1. The minimum Gasteiger partial charge on any atom is -0.355 e. The van der Waals surface area contributed by atoms with E-state index in [9.17, 15) is 9.59 Å². The largest absolute Gasteiger partial charge is 0.355 e. The second-order valence-electron chi connectivity index (χ2n) is 7.95. The molecule has 0 bridgehead atoms. The Morgan fingerprint density at radius 3 is 2.67 bits per heavy atom. The quantitative estimate of drug-likeness (QED) is 0.571. The van der Waals surface area contributed by atoms with Crippen LogP contribution in [0.4, 0.5) is 0 Å². The Balaban J connectivity index is 1.35. The normalized spacial score (nSPS) is 15.8. The molecule has 0 unspecified atom stereocenters. The Hall–Kier alpha value is -2.16. The van der Waals surface area contributed by atoms with Crippen LogP contribution in [0, 0.1) is 0 Å². The lowest BCUT2D eigenvalue weighted by Crippen LogP contribution is -2.46. The molecule has 0 radical (unpaired) electrons. The first-order valence-corrected chi connectivity index (χ1v) is 11.3. The maximum Gasteiger partial charge on any atom is 0.275 e. The number of likely N-dealkylation sites (N-methyl/N-ethyl adjacent to an activating group) is 1. The van der Waals surface area contributed by atoms with E-state index < -0.39 is 0 Å². The van der Waals surface area contributed by atoms with Crippen LogP contribution >= 0.6 is 15.9 Å². The van der Waals surface area contributed by atoms with E-state index in [4.69, 9.17) is 0 Å². The molecule has 1 aliphatic rings. The first kappa shape index (κ1) is 21.1. The number of aromatic nitrogens is 2. The van der Waals surface area contributed by atoms with Crippen molar-refractivity contribution in [1.29, 1.82) is 0 Å². The minimum absolute atomic E-state index is 0.0268. The Labute approximate surface area is 184 Å². The fraction of sp³-hybridized carbons (Fsp3) is 0.455. The lowest BCUT2D eigenvalue weighted by atomic mass is 10.2. The highest BCUT2D eigenvalue weighted by molar-refractivity contribution is 9.10. The van der Waals surface area contributed by atoms with Crippen LogP contribution in [0.2, 0.25) is 0 Å². The Morgan fingerprint density at radius 2 is 1.87 bits per heavy atom. The van der Waals surface area contributed by atoms with Crippen LogP contribution in [-0.2, 0) is 11.3 Å². The number of nitrogens with one attached hydrogen (secondary N) is 1. The molecule has 0 atom stereocenters. The number of fused-ring (bicyclic) bond motifs is 3. The number of benzene rings is 1. The average molecular weight is 474 g/mol. The summed E-state index contributed by atoms with van der Waals surface area (Å²) in [6, 6.07) is 9.67. The molecule has 1 aromatic carbocycles. The Kier molecular flexibility index (Phi) is 6.55. The van der Waals surface area contributed by atoms with Gasteiger partial charge in [-0.15, -0.1) is 0 Å². The number of amides is 1. The molecule has 8 heteroatoms. The summed E-state index contributed by atoms with van der Waals surface area (Å²) in [5, 5.41) is 3.02. The smallest absolute Gasteiger partial charge is 0.275 e. The van der Waals surface area contributed by atoms with Crippen molar-refractivity contribution in [3.05, 3.63) is 51.4 Å². The van der Waals surface area contributed by atoms with Gasteiger partial charge < -0.3 is 19.2 Å². The fourth-order valence-corrected chi connectivity index (χ4v) is 4.41. The molecular weight excluding hydrogens is 446 g/mol. The van der Waals surface area contributed by atoms with Gasteiger partial charge in [0.2, 0.25) is 5.91 Å². The molecule has 1 fully saturated rings. The van der Waals surface area contributed by atoms with Gasteiger partial charge in [0.1, 0.15) is 5.52 Å². The van der Waals surface area contributed by atoms with Crippen LogP contribution in [0.5, 0.6) is 0 Å². The van der Waals surface area contributed by atoms with Crippen molar-refractivity contribution in [2.45, 2.75) is 19.4 Å². The third kappa shape index (κ3) is 4.61. The van der Waals surface area contributed by atoms with Crippen molar-refractivity contribution < 1.29 is 4.79 Å². The highest BCUT2D eigenvalue weighted by Gasteiger charge is 2.14. The summed E-state index contributed by atoms with van der Waals surface area (Å²) in [6.07, 6.45) is 2.95. The number of piperazine rings is 1. The zero-order chi connectivity index (χ0) is 21.1. The highest BCUT2D eigenvalue weighted by atomic mass is 79.9. The van der Waals surface area contributed by atoms with Crippen LogP contribution in [-0.4, -0.2) is 71.0 Å². The molecular formula is C22H28BrN5O2. The van der Waals surface area contributed by atoms with Crippen molar-refractivity contribution in [3.63, 3.8) is 0 Å². The molecule has 160 valence electrons. The number of hydrogen-bond donors (Lipinski definition) is 1. The predicted molar refractivity (Wildman–Crippen MR) is 123 cm³/mol. The first-order valence-electron chi connectivity index (χ1n) is 10.5. The third-order valence-corrected chi connectivity index (χ3v) is 6.33. The second kappa shape index (κ2) is 9.32. The van der Waals surface area contributed by atoms with E-state index in [1.54, 1.807) is 4.57 Å². The van der Waals surface area contributed by atoms with Gasteiger partial charge in [0.15, 0.2) is 0 Å².